The van der Waals surface area contributed by atoms with Gasteiger partial charge >= 0.3 is 0 Å². The fraction of sp³-hybridized carbons (Fsp3) is 0.294. The zero-order valence-corrected chi connectivity index (χ0v) is 23.7. The first-order valence-electron chi connectivity index (χ1n) is 14.0. The molecule has 1 aliphatic heterocycles. The number of hydrogen-bond acceptors (Lipinski definition) is 4. The minimum absolute atomic E-state index is 0.347. The first-order valence-corrected chi connectivity index (χ1v) is 14.0. The maximum atomic E-state index is 12.6. The molecule has 0 bridgehead atoms. The Balaban J connectivity index is 1.31. The fourth-order valence-corrected chi connectivity index (χ4v) is 6.23. The van der Waals surface area contributed by atoms with Gasteiger partial charge in [0.05, 0.1) is 11.4 Å². The normalized spacial score (nSPS) is 16.6. The van der Waals surface area contributed by atoms with Crippen LogP contribution >= 0.6 is 0 Å². The van der Waals surface area contributed by atoms with Crippen LogP contribution in [0.4, 0.5) is 0 Å². The summed E-state index contributed by atoms with van der Waals surface area (Å²) >= 11 is 0. The fourth-order valence-electron chi connectivity index (χ4n) is 6.23. The highest BCUT2D eigenvalue weighted by Gasteiger charge is 2.55. The van der Waals surface area contributed by atoms with E-state index >= 15 is 0 Å². The van der Waals surface area contributed by atoms with Crippen molar-refractivity contribution in [3.05, 3.63) is 120 Å². The minimum Gasteiger partial charge on any atom is -0.380 e. The maximum Gasteiger partial charge on any atom is 0.124 e. The molecule has 3 aromatic heterocycles. The standard InChI is InChI=1S/C34H37N5O/c1-24(2)26-10-12-29(13-11-26)34(40,33(3)22-38(4)23-33)30-16-28(18-35-19-30)32-17-31(36-37-32)27-14-15-39(21-27)20-25-8-6-5-7-9-25/h5-19,21,24,40H,20,22-23H2,1-4H3,(H,36,37)/t34-/m0/s1. The van der Waals surface area contributed by atoms with E-state index in [9.17, 15) is 5.11 Å². The number of hydrogen-bond donors (Lipinski definition) is 2. The van der Waals surface area contributed by atoms with Gasteiger partial charge in [0, 0.05) is 66.5 Å². The van der Waals surface area contributed by atoms with Gasteiger partial charge < -0.3 is 14.6 Å². The van der Waals surface area contributed by atoms with Gasteiger partial charge in [-0.15, -0.1) is 0 Å². The lowest BCUT2D eigenvalue weighted by Crippen LogP contribution is -2.63. The number of aliphatic hydroxyl groups is 1. The van der Waals surface area contributed by atoms with Crippen LogP contribution in [-0.2, 0) is 12.1 Å². The van der Waals surface area contributed by atoms with Crippen LogP contribution in [0.5, 0.6) is 0 Å². The number of pyridine rings is 1. The smallest absolute Gasteiger partial charge is 0.124 e. The molecular formula is C34H37N5O. The van der Waals surface area contributed by atoms with E-state index in [0.717, 1.165) is 53.3 Å². The van der Waals surface area contributed by atoms with Crippen molar-refractivity contribution < 1.29 is 5.11 Å². The van der Waals surface area contributed by atoms with Crippen LogP contribution in [0.15, 0.2) is 97.6 Å². The lowest BCUT2D eigenvalue weighted by Gasteiger charge is -2.55. The van der Waals surface area contributed by atoms with E-state index < -0.39 is 5.60 Å². The van der Waals surface area contributed by atoms with Crippen molar-refractivity contribution in [1.82, 2.24) is 24.6 Å². The molecule has 2 N–H and O–H groups in total. The predicted molar refractivity (Wildman–Crippen MR) is 160 cm³/mol. The monoisotopic (exact) mass is 531 g/mol. The number of aromatic amines is 1. The molecule has 6 heteroatoms. The summed E-state index contributed by atoms with van der Waals surface area (Å²) in [6.07, 6.45) is 7.85. The van der Waals surface area contributed by atoms with Crippen molar-refractivity contribution in [2.75, 3.05) is 20.1 Å². The highest BCUT2D eigenvalue weighted by Crippen LogP contribution is 2.50. The largest absolute Gasteiger partial charge is 0.380 e. The first-order chi connectivity index (χ1) is 19.2. The highest BCUT2D eigenvalue weighted by atomic mass is 16.3. The Hall–Kier alpha value is -4.00. The number of rotatable bonds is 8. The average molecular weight is 532 g/mol. The summed E-state index contributed by atoms with van der Waals surface area (Å²) in [7, 11) is 2.09. The van der Waals surface area contributed by atoms with Crippen LogP contribution in [-0.4, -0.2) is 49.9 Å². The number of likely N-dealkylation sites (tertiary alicyclic amines) is 1. The molecule has 204 valence electrons. The zero-order valence-electron chi connectivity index (χ0n) is 23.7. The van der Waals surface area contributed by atoms with E-state index in [1.54, 1.807) is 6.20 Å². The Labute approximate surface area is 236 Å². The molecule has 0 amide bonds. The van der Waals surface area contributed by atoms with E-state index in [1.807, 2.05) is 18.3 Å². The van der Waals surface area contributed by atoms with E-state index in [1.165, 1.54) is 11.1 Å². The second-order valence-electron chi connectivity index (χ2n) is 11.9. The molecule has 1 saturated heterocycles. The van der Waals surface area contributed by atoms with Crippen LogP contribution in [0.2, 0.25) is 0 Å². The molecule has 0 radical (unpaired) electrons. The molecule has 0 aliphatic carbocycles. The van der Waals surface area contributed by atoms with Crippen molar-refractivity contribution >= 4 is 0 Å². The summed E-state index contributed by atoms with van der Waals surface area (Å²) < 4.78 is 2.17. The molecule has 4 heterocycles. The minimum atomic E-state index is -1.19. The van der Waals surface area contributed by atoms with Gasteiger partial charge in [-0.25, -0.2) is 0 Å². The Bertz CT molecular complexity index is 1590. The number of benzene rings is 2. The van der Waals surface area contributed by atoms with Crippen molar-refractivity contribution in [3.8, 4) is 22.5 Å². The van der Waals surface area contributed by atoms with Gasteiger partial charge in [0.2, 0.25) is 0 Å². The topological polar surface area (TPSA) is 70.0 Å². The summed E-state index contributed by atoms with van der Waals surface area (Å²) in [6, 6.07) is 25.1. The molecular weight excluding hydrogens is 494 g/mol. The van der Waals surface area contributed by atoms with Crippen LogP contribution in [0.3, 0.4) is 0 Å². The molecule has 40 heavy (non-hydrogen) atoms. The Kier molecular flexibility index (Phi) is 6.69. The second-order valence-corrected chi connectivity index (χ2v) is 11.9. The van der Waals surface area contributed by atoms with Crippen LogP contribution in [0.25, 0.3) is 22.5 Å². The van der Waals surface area contributed by atoms with Gasteiger partial charge in [-0.2, -0.15) is 5.10 Å². The molecule has 0 spiro atoms. The van der Waals surface area contributed by atoms with E-state index in [0.29, 0.717) is 5.92 Å². The summed E-state index contributed by atoms with van der Waals surface area (Å²) in [5.74, 6) is 0.432. The number of nitrogens with zero attached hydrogens (tertiary/aromatic N) is 4. The Morgan fingerprint density at radius 3 is 2.40 bits per heavy atom. The third kappa shape index (κ3) is 4.67. The lowest BCUT2D eigenvalue weighted by atomic mass is 9.62. The van der Waals surface area contributed by atoms with Gasteiger partial charge in [-0.3, -0.25) is 10.1 Å². The third-order valence-corrected chi connectivity index (χ3v) is 8.41. The molecule has 6 nitrogen and oxygen atoms in total. The molecule has 1 fully saturated rings. The highest BCUT2D eigenvalue weighted by molar-refractivity contribution is 5.68. The van der Waals surface area contributed by atoms with Crippen molar-refractivity contribution in [2.24, 2.45) is 5.41 Å². The SMILES string of the molecule is CC(C)c1ccc([C@](O)(c2cncc(-c3cc(-c4ccn(Cc5ccccc5)c4)[nH]n3)c2)C2(C)CN(C)C2)cc1. The van der Waals surface area contributed by atoms with Gasteiger partial charge in [0.1, 0.15) is 5.60 Å². The maximum absolute atomic E-state index is 12.6. The van der Waals surface area contributed by atoms with Crippen LogP contribution in [0.1, 0.15) is 48.9 Å². The predicted octanol–water partition coefficient (Wildman–Crippen LogP) is 6.30. The van der Waals surface area contributed by atoms with Crippen molar-refractivity contribution in [3.63, 3.8) is 0 Å². The van der Waals surface area contributed by atoms with Gasteiger partial charge in [-0.05, 0) is 47.9 Å². The number of aromatic nitrogens is 4. The molecule has 0 saturated carbocycles. The molecule has 1 aliphatic rings. The number of H-pyrrole nitrogens is 1. The molecule has 1 atom stereocenters. The zero-order chi connectivity index (χ0) is 27.9. The van der Waals surface area contributed by atoms with Crippen molar-refractivity contribution in [2.45, 2.75) is 38.8 Å². The Morgan fingerprint density at radius 2 is 1.70 bits per heavy atom. The van der Waals surface area contributed by atoms with Crippen LogP contribution in [0, 0.1) is 5.41 Å². The van der Waals surface area contributed by atoms with Gasteiger partial charge in [0.25, 0.3) is 0 Å². The second kappa shape index (κ2) is 10.2. The summed E-state index contributed by atoms with van der Waals surface area (Å²) in [5, 5.41) is 20.4. The van der Waals surface area contributed by atoms with Gasteiger partial charge in [-0.1, -0.05) is 75.4 Å². The average Bonchev–Trinajstić information content (AvgIpc) is 3.63. The van der Waals surface area contributed by atoms with E-state index in [-0.39, 0.29) is 5.41 Å². The quantitative estimate of drug-likeness (QED) is 0.247. The van der Waals surface area contributed by atoms with Crippen molar-refractivity contribution in [1.29, 1.82) is 0 Å². The molecule has 5 aromatic rings. The van der Waals surface area contributed by atoms with Crippen LogP contribution < -0.4 is 0 Å². The summed E-state index contributed by atoms with van der Waals surface area (Å²) in [6.45, 7) is 8.96. The number of nitrogens with one attached hydrogen (secondary N) is 1. The van der Waals surface area contributed by atoms with Gasteiger partial charge in [0.15, 0.2) is 0 Å². The Morgan fingerprint density at radius 1 is 0.950 bits per heavy atom. The first kappa shape index (κ1) is 26.2. The molecule has 6 rings (SSSR count). The lowest BCUT2D eigenvalue weighted by molar-refractivity contribution is -0.127. The van der Waals surface area contributed by atoms with E-state index in [2.05, 4.69) is 126 Å². The van der Waals surface area contributed by atoms with E-state index in [4.69, 9.17) is 0 Å². The molecule has 0 unspecified atom stereocenters. The summed E-state index contributed by atoms with van der Waals surface area (Å²) in [5.41, 5.74) is 6.36. The molecule has 2 aromatic carbocycles. The summed E-state index contributed by atoms with van der Waals surface area (Å²) in [4.78, 5) is 6.84. The third-order valence-electron chi connectivity index (χ3n) is 8.41.